The largest absolute Gasteiger partial charge is 0.435 e. The summed E-state index contributed by atoms with van der Waals surface area (Å²) in [6.07, 6.45) is 1.40. The molecule has 0 aliphatic carbocycles. The SMILES string of the molecule is C=C(NCC)c1[nH]c2ncc(-c3cncc(F)c3)c(-n3ccc(C(F)(F)F)n3)c2c1/C=C(\C)F. The van der Waals surface area contributed by atoms with Crippen molar-refractivity contribution >= 4 is 22.8 Å². The highest BCUT2D eigenvalue weighted by Crippen LogP contribution is 2.38. The van der Waals surface area contributed by atoms with Gasteiger partial charge in [-0.1, -0.05) is 6.58 Å². The summed E-state index contributed by atoms with van der Waals surface area (Å²) < 4.78 is 69.1. The van der Waals surface area contributed by atoms with Gasteiger partial charge in [-0.3, -0.25) is 4.98 Å². The van der Waals surface area contributed by atoms with Gasteiger partial charge in [-0.15, -0.1) is 0 Å². The van der Waals surface area contributed by atoms with Gasteiger partial charge in [0.2, 0.25) is 0 Å². The minimum atomic E-state index is -4.68. The number of halogens is 5. The molecule has 0 saturated heterocycles. The Balaban J connectivity index is 2.13. The van der Waals surface area contributed by atoms with Crippen LogP contribution in [0, 0.1) is 5.82 Å². The van der Waals surface area contributed by atoms with Gasteiger partial charge in [-0.05, 0) is 32.1 Å². The summed E-state index contributed by atoms with van der Waals surface area (Å²) in [4.78, 5) is 11.3. The maximum Gasteiger partial charge on any atom is 0.435 e. The lowest BCUT2D eigenvalue weighted by Gasteiger charge is -2.13. The fourth-order valence-corrected chi connectivity index (χ4v) is 3.65. The van der Waals surface area contributed by atoms with Crippen LogP contribution in [-0.4, -0.2) is 31.3 Å². The highest BCUT2D eigenvalue weighted by Gasteiger charge is 2.34. The molecule has 4 rings (SSSR count). The lowest BCUT2D eigenvalue weighted by atomic mass is 10.0. The average Bonchev–Trinajstić information content (AvgIpc) is 3.39. The predicted octanol–water partition coefficient (Wildman–Crippen LogP) is 5.88. The predicted molar refractivity (Wildman–Crippen MR) is 119 cm³/mol. The molecule has 6 nitrogen and oxygen atoms in total. The van der Waals surface area contributed by atoms with E-state index in [0.717, 1.165) is 23.1 Å². The van der Waals surface area contributed by atoms with E-state index in [0.29, 0.717) is 23.5 Å². The summed E-state index contributed by atoms with van der Waals surface area (Å²) in [6.45, 7) is 7.57. The van der Waals surface area contributed by atoms with E-state index in [4.69, 9.17) is 0 Å². The van der Waals surface area contributed by atoms with Crippen molar-refractivity contribution < 1.29 is 22.0 Å². The zero-order valence-corrected chi connectivity index (χ0v) is 18.1. The Labute approximate surface area is 190 Å². The third-order valence-electron chi connectivity index (χ3n) is 4.99. The molecule has 0 unspecified atom stereocenters. The molecule has 34 heavy (non-hydrogen) atoms. The molecule has 0 saturated carbocycles. The highest BCUT2D eigenvalue weighted by molar-refractivity contribution is 6.02. The molecule has 0 amide bonds. The number of nitrogens with one attached hydrogen (secondary N) is 2. The quantitative estimate of drug-likeness (QED) is 0.343. The molecule has 0 aromatic carbocycles. The Morgan fingerprint density at radius 1 is 1.26 bits per heavy atom. The van der Waals surface area contributed by atoms with Gasteiger partial charge in [0.25, 0.3) is 0 Å². The first-order valence-corrected chi connectivity index (χ1v) is 10.2. The van der Waals surface area contributed by atoms with Crippen molar-refractivity contribution in [2.45, 2.75) is 20.0 Å². The molecule has 4 heterocycles. The lowest BCUT2D eigenvalue weighted by molar-refractivity contribution is -0.141. The van der Waals surface area contributed by atoms with Crippen LogP contribution < -0.4 is 5.32 Å². The van der Waals surface area contributed by atoms with Crippen molar-refractivity contribution in [2.75, 3.05) is 6.54 Å². The second-order valence-corrected chi connectivity index (χ2v) is 7.43. The Morgan fingerprint density at radius 3 is 2.65 bits per heavy atom. The van der Waals surface area contributed by atoms with Gasteiger partial charge in [-0.25, -0.2) is 18.4 Å². The number of alkyl halides is 3. The second-order valence-electron chi connectivity index (χ2n) is 7.43. The normalized spacial score (nSPS) is 12.4. The molecule has 4 aromatic rings. The Hall–Kier alpha value is -4.02. The smallest absolute Gasteiger partial charge is 0.384 e. The lowest BCUT2D eigenvalue weighted by Crippen LogP contribution is -2.10. The fourth-order valence-electron chi connectivity index (χ4n) is 3.65. The van der Waals surface area contributed by atoms with Crippen LogP contribution >= 0.6 is 0 Å². The number of H-pyrrole nitrogens is 1. The zero-order valence-electron chi connectivity index (χ0n) is 18.1. The number of nitrogens with zero attached hydrogens (tertiary/aromatic N) is 4. The van der Waals surface area contributed by atoms with Gasteiger partial charge in [0.05, 0.1) is 34.5 Å². The Bertz CT molecular complexity index is 1410. The maximum absolute atomic E-state index is 14.1. The van der Waals surface area contributed by atoms with E-state index < -0.39 is 23.5 Å². The first kappa shape index (κ1) is 23.1. The number of aromatic nitrogens is 5. The molecule has 0 aliphatic rings. The van der Waals surface area contributed by atoms with E-state index in [-0.39, 0.29) is 27.8 Å². The van der Waals surface area contributed by atoms with Gasteiger partial charge in [0.1, 0.15) is 11.5 Å². The van der Waals surface area contributed by atoms with Crippen molar-refractivity contribution in [3.63, 3.8) is 0 Å². The summed E-state index contributed by atoms with van der Waals surface area (Å²) in [6, 6.07) is 2.00. The van der Waals surface area contributed by atoms with Crippen LogP contribution in [0.3, 0.4) is 0 Å². The molecule has 0 bridgehead atoms. The van der Waals surface area contributed by atoms with Crippen molar-refractivity contribution in [1.29, 1.82) is 0 Å². The average molecular weight is 474 g/mol. The van der Waals surface area contributed by atoms with E-state index in [1.165, 1.54) is 31.5 Å². The number of fused-ring (bicyclic) bond motifs is 1. The van der Waals surface area contributed by atoms with Crippen LogP contribution in [0.4, 0.5) is 22.0 Å². The second kappa shape index (κ2) is 8.73. The fraction of sp³-hybridized carbons (Fsp3) is 0.174. The molecule has 0 radical (unpaired) electrons. The number of rotatable bonds is 6. The zero-order chi connectivity index (χ0) is 24.6. The first-order valence-electron chi connectivity index (χ1n) is 10.2. The van der Waals surface area contributed by atoms with Crippen LogP contribution in [0.15, 0.2) is 49.3 Å². The van der Waals surface area contributed by atoms with Gasteiger partial charge in [-0.2, -0.15) is 18.3 Å². The molecule has 11 heteroatoms. The molecule has 0 atom stereocenters. The molecular formula is C23H19F5N6. The van der Waals surface area contributed by atoms with E-state index in [1.54, 1.807) is 0 Å². The van der Waals surface area contributed by atoms with Gasteiger partial charge in [0.15, 0.2) is 5.69 Å². The summed E-state index contributed by atoms with van der Waals surface area (Å²) in [5, 5.41) is 7.02. The van der Waals surface area contributed by atoms with Gasteiger partial charge >= 0.3 is 6.18 Å². The monoisotopic (exact) mass is 474 g/mol. The number of pyridine rings is 2. The Morgan fingerprint density at radius 2 is 2.03 bits per heavy atom. The van der Waals surface area contributed by atoms with Crippen LogP contribution in [0.1, 0.15) is 30.8 Å². The number of aromatic amines is 1. The third kappa shape index (κ3) is 4.28. The Kier molecular flexibility index (Phi) is 5.94. The molecule has 0 spiro atoms. The van der Waals surface area contributed by atoms with E-state index >= 15 is 0 Å². The van der Waals surface area contributed by atoms with E-state index in [1.807, 2.05) is 6.92 Å². The molecule has 0 aliphatic heterocycles. The minimum absolute atomic E-state index is 0.146. The van der Waals surface area contributed by atoms with Crippen molar-refractivity contribution in [3.8, 4) is 16.8 Å². The van der Waals surface area contributed by atoms with Crippen molar-refractivity contribution in [3.05, 3.63) is 72.1 Å². The number of allylic oxidation sites excluding steroid dienone is 1. The van der Waals surface area contributed by atoms with Crippen LogP contribution in [-0.2, 0) is 6.18 Å². The standard InChI is InChI=1S/C23H19F5N6/c1-4-30-13(3)20-16(7-12(2)24)19-21(34-6-5-18(33-34)23(26,27)28)17(11-31-22(19)32-20)14-8-15(25)10-29-9-14/h5-11,30H,3-4H2,1-2H3,(H,31,32)/b12-7+. The van der Waals surface area contributed by atoms with Crippen molar-refractivity contribution in [1.82, 2.24) is 30.0 Å². The molecule has 0 fully saturated rings. The molecular weight excluding hydrogens is 455 g/mol. The first-order chi connectivity index (χ1) is 16.1. The number of hydrogen-bond acceptors (Lipinski definition) is 4. The third-order valence-corrected chi connectivity index (χ3v) is 4.99. The summed E-state index contributed by atoms with van der Waals surface area (Å²) >= 11 is 0. The van der Waals surface area contributed by atoms with Crippen LogP contribution in [0.5, 0.6) is 0 Å². The van der Waals surface area contributed by atoms with Crippen LogP contribution in [0.2, 0.25) is 0 Å². The highest BCUT2D eigenvalue weighted by atomic mass is 19.4. The maximum atomic E-state index is 14.1. The summed E-state index contributed by atoms with van der Waals surface area (Å²) in [5.41, 5.74) is 0.937. The van der Waals surface area contributed by atoms with Crippen LogP contribution in [0.25, 0.3) is 39.6 Å². The van der Waals surface area contributed by atoms with E-state index in [9.17, 15) is 22.0 Å². The van der Waals surface area contributed by atoms with Gasteiger partial charge in [0, 0.05) is 41.8 Å². The van der Waals surface area contributed by atoms with E-state index in [2.05, 4.69) is 31.9 Å². The molecule has 4 aromatic heterocycles. The molecule has 176 valence electrons. The molecule has 2 N–H and O–H groups in total. The van der Waals surface area contributed by atoms with Gasteiger partial charge < -0.3 is 10.3 Å². The summed E-state index contributed by atoms with van der Waals surface area (Å²) in [5.74, 6) is -1.19. The number of hydrogen-bond donors (Lipinski definition) is 2. The minimum Gasteiger partial charge on any atom is -0.384 e. The summed E-state index contributed by atoms with van der Waals surface area (Å²) in [7, 11) is 0. The topological polar surface area (TPSA) is 71.4 Å². The van der Waals surface area contributed by atoms with Crippen molar-refractivity contribution in [2.24, 2.45) is 0 Å².